The third-order valence-corrected chi connectivity index (χ3v) is 4.33. The fourth-order valence-corrected chi connectivity index (χ4v) is 3.02. The monoisotopic (exact) mass is 331 g/mol. The van der Waals surface area contributed by atoms with Crippen LogP contribution in [0.4, 0.5) is 0 Å². The highest BCUT2D eigenvalue weighted by atomic mass is 16.2. The zero-order valence-corrected chi connectivity index (χ0v) is 15.3. The summed E-state index contributed by atoms with van der Waals surface area (Å²) >= 11 is 0. The molecule has 1 aliphatic heterocycles. The van der Waals surface area contributed by atoms with E-state index in [1.807, 2.05) is 17.2 Å². The standard InChI is InChI=1S/C19H29N3O2/c1-14(23)22-7-5-6-15(12-22)8-16-9-17(11-20-10-16)18(24)21-13-19(2,3)4/h9-11,15H,5-8,12-13H2,1-4H3,(H,21,24). The number of piperidine rings is 1. The third kappa shape index (κ3) is 5.62. The van der Waals surface area contributed by atoms with E-state index >= 15 is 0 Å². The maximum atomic E-state index is 12.3. The van der Waals surface area contributed by atoms with Crippen LogP contribution in [-0.4, -0.2) is 41.3 Å². The molecule has 1 unspecified atom stereocenters. The molecule has 5 heteroatoms. The molecule has 1 atom stereocenters. The molecule has 0 aliphatic carbocycles. The number of pyridine rings is 1. The Kier molecular flexibility index (Phi) is 5.97. The van der Waals surface area contributed by atoms with Gasteiger partial charge < -0.3 is 10.2 Å². The van der Waals surface area contributed by atoms with Crippen LogP contribution in [-0.2, 0) is 11.2 Å². The molecule has 24 heavy (non-hydrogen) atoms. The van der Waals surface area contributed by atoms with Crippen LogP contribution in [0.25, 0.3) is 0 Å². The van der Waals surface area contributed by atoms with E-state index in [-0.39, 0.29) is 17.2 Å². The molecule has 2 amide bonds. The van der Waals surface area contributed by atoms with Crippen molar-refractivity contribution in [3.8, 4) is 0 Å². The largest absolute Gasteiger partial charge is 0.351 e. The van der Waals surface area contributed by atoms with Crippen LogP contribution in [0.1, 0.15) is 56.5 Å². The lowest BCUT2D eigenvalue weighted by molar-refractivity contribution is -0.130. The van der Waals surface area contributed by atoms with E-state index in [4.69, 9.17) is 0 Å². The fraction of sp³-hybridized carbons (Fsp3) is 0.632. The number of likely N-dealkylation sites (tertiary alicyclic amines) is 1. The van der Waals surface area contributed by atoms with Gasteiger partial charge in [-0.25, -0.2) is 0 Å². The Hall–Kier alpha value is -1.91. The second-order valence-electron chi connectivity index (χ2n) is 8.00. The smallest absolute Gasteiger partial charge is 0.252 e. The summed E-state index contributed by atoms with van der Waals surface area (Å²) in [6.45, 7) is 10.2. The number of nitrogens with one attached hydrogen (secondary N) is 1. The normalized spacial score (nSPS) is 18.3. The molecular formula is C19H29N3O2. The quantitative estimate of drug-likeness (QED) is 0.922. The average molecular weight is 331 g/mol. The van der Waals surface area contributed by atoms with Crippen LogP contribution in [0.2, 0.25) is 0 Å². The van der Waals surface area contributed by atoms with Gasteiger partial charge in [-0.2, -0.15) is 0 Å². The summed E-state index contributed by atoms with van der Waals surface area (Å²) in [5.74, 6) is 0.513. The lowest BCUT2D eigenvalue weighted by atomic mass is 9.91. The Bertz CT molecular complexity index is 593. The molecule has 2 heterocycles. The van der Waals surface area contributed by atoms with Gasteiger partial charge in [-0.15, -0.1) is 0 Å². The molecule has 132 valence electrons. The number of amides is 2. The first-order valence-corrected chi connectivity index (χ1v) is 8.72. The van der Waals surface area contributed by atoms with E-state index in [9.17, 15) is 9.59 Å². The molecule has 1 aliphatic rings. The summed E-state index contributed by atoms with van der Waals surface area (Å²) in [5, 5.41) is 2.96. The highest BCUT2D eigenvalue weighted by molar-refractivity contribution is 5.94. The maximum absolute atomic E-state index is 12.3. The number of nitrogens with zero attached hydrogens (tertiary/aromatic N) is 2. The van der Waals surface area contributed by atoms with Crippen LogP contribution >= 0.6 is 0 Å². The van der Waals surface area contributed by atoms with Crippen molar-refractivity contribution in [2.75, 3.05) is 19.6 Å². The molecular weight excluding hydrogens is 302 g/mol. The topological polar surface area (TPSA) is 62.3 Å². The molecule has 0 radical (unpaired) electrons. The van der Waals surface area contributed by atoms with Crippen molar-refractivity contribution in [2.45, 2.75) is 47.0 Å². The maximum Gasteiger partial charge on any atom is 0.252 e. The summed E-state index contributed by atoms with van der Waals surface area (Å²) in [5.41, 5.74) is 1.73. The molecule has 5 nitrogen and oxygen atoms in total. The van der Waals surface area contributed by atoms with Gasteiger partial charge in [0.25, 0.3) is 5.91 Å². The second-order valence-corrected chi connectivity index (χ2v) is 8.00. The molecule has 1 saturated heterocycles. The molecule has 0 bridgehead atoms. The zero-order valence-electron chi connectivity index (χ0n) is 15.3. The summed E-state index contributed by atoms with van der Waals surface area (Å²) in [6, 6.07) is 1.93. The predicted octanol–water partition coefficient (Wildman–Crippen LogP) is 2.66. The predicted molar refractivity (Wildman–Crippen MR) is 94.7 cm³/mol. The van der Waals surface area contributed by atoms with E-state index in [2.05, 4.69) is 31.1 Å². The van der Waals surface area contributed by atoms with E-state index in [1.165, 1.54) is 0 Å². The molecule has 0 spiro atoms. The second kappa shape index (κ2) is 7.77. The average Bonchev–Trinajstić information content (AvgIpc) is 2.52. The summed E-state index contributed by atoms with van der Waals surface area (Å²) < 4.78 is 0. The SMILES string of the molecule is CC(=O)N1CCCC(Cc2cncc(C(=O)NCC(C)(C)C)c2)C1. The van der Waals surface area contributed by atoms with Crippen molar-refractivity contribution in [3.05, 3.63) is 29.6 Å². The minimum Gasteiger partial charge on any atom is -0.351 e. The fourth-order valence-electron chi connectivity index (χ4n) is 3.02. The van der Waals surface area contributed by atoms with Crippen LogP contribution in [0, 0.1) is 11.3 Å². The minimum atomic E-state index is -0.0757. The zero-order chi connectivity index (χ0) is 17.7. The Morgan fingerprint density at radius 1 is 1.33 bits per heavy atom. The molecule has 1 aromatic rings. The van der Waals surface area contributed by atoms with Crippen molar-refractivity contribution >= 4 is 11.8 Å². The minimum absolute atomic E-state index is 0.0545. The van der Waals surface area contributed by atoms with Gasteiger partial charge in [-0.05, 0) is 42.2 Å². The van der Waals surface area contributed by atoms with Crippen LogP contribution in [0.3, 0.4) is 0 Å². The van der Waals surface area contributed by atoms with E-state index in [0.717, 1.165) is 37.9 Å². The number of carbonyl (C=O) groups is 2. The number of carbonyl (C=O) groups excluding carboxylic acids is 2. The van der Waals surface area contributed by atoms with E-state index in [0.29, 0.717) is 18.0 Å². The van der Waals surface area contributed by atoms with Crippen molar-refractivity contribution in [1.29, 1.82) is 0 Å². The van der Waals surface area contributed by atoms with Crippen molar-refractivity contribution in [2.24, 2.45) is 11.3 Å². The highest BCUT2D eigenvalue weighted by Crippen LogP contribution is 2.21. The van der Waals surface area contributed by atoms with E-state index < -0.39 is 0 Å². The Labute approximate surface area is 144 Å². The first kappa shape index (κ1) is 18.4. The Balaban J connectivity index is 1.97. The van der Waals surface area contributed by atoms with Gasteiger partial charge in [0.1, 0.15) is 0 Å². The molecule has 1 N–H and O–H groups in total. The highest BCUT2D eigenvalue weighted by Gasteiger charge is 2.22. The lowest BCUT2D eigenvalue weighted by Crippen LogP contribution is -2.39. The third-order valence-electron chi connectivity index (χ3n) is 4.33. The number of hydrogen-bond acceptors (Lipinski definition) is 3. The van der Waals surface area contributed by atoms with Gasteiger partial charge in [0.15, 0.2) is 0 Å². The molecule has 0 saturated carbocycles. The molecule has 1 aromatic heterocycles. The van der Waals surface area contributed by atoms with Crippen LogP contribution < -0.4 is 5.32 Å². The Morgan fingerprint density at radius 2 is 2.08 bits per heavy atom. The number of aromatic nitrogens is 1. The summed E-state index contributed by atoms with van der Waals surface area (Å²) in [4.78, 5) is 30.0. The lowest BCUT2D eigenvalue weighted by Gasteiger charge is -2.32. The summed E-state index contributed by atoms with van der Waals surface area (Å²) in [7, 11) is 0. The van der Waals surface area contributed by atoms with Crippen LogP contribution in [0.5, 0.6) is 0 Å². The van der Waals surface area contributed by atoms with Gasteiger partial charge in [-0.1, -0.05) is 20.8 Å². The number of hydrogen-bond donors (Lipinski definition) is 1. The van der Waals surface area contributed by atoms with Crippen LogP contribution in [0.15, 0.2) is 18.5 Å². The van der Waals surface area contributed by atoms with Gasteiger partial charge in [-0.3, -0.25) is 14.6 Å². The van der Waals surface area contributed by atoms with Crippen molar-refractivity contribution in [1.82, 2.24) is 15.2 Å². The first-order valence-electron chi connectivity index (χ1n) is 8.72. The summed E-state index contributed by atoms with van der Waals surface area (Å²) in [6.07, 6.45) is 6.46. The van der Waals surface area contributed by atoms with E-state index in [1.54, 1.807) is 13.1 Å². The van der Waals surface area contributed by atoms with Gasteiger partial charge in [0, 0.05) is 39.0 Å². The van der Waals surface area contributed by atoms with Crippen molar-refractivity contribution < 1.29 is 9.59 Å². The molecule has 1 fully saturated rings. The Morgan fingerprint density at radius 3 is 2.75 bits per heavy atom. The van der Waals surface area contributed by atoms with Gasteiger partial charge in [0.05, 0.1) is 5.56 Å². The molecule has 0 aromatic carbocycles. The molecule has 2 rings (SSSR count). The van der Waals surface area contributed by atoms with Crippen molar-refractivity contribution in [3.63, 3.8) is 0 Å². The number of rotatable bonds is 4. The van der Waals surface area contributed by atoms with Gasteiger partial charge in [0.2, 0.25) is 5.91 Å². The van der Waals surface area contributed by atoms with Gasteiger partial charge >= 0.3 is 0 Å². The first-order chi connectivity index (χ1) is 11.2.